The molecular weight excluding hydrogens is 216 g/mol. The molecule has 0 aromatic carbocycles. The first-order valence-corrected chi connectivity index (χ1v) is 4.27. The highest BCUT2D eigenvalue weighted by atomic mass is 32.2. The van der Waals surface area contributed by atoms with Crippen molar-refractivity contribution in [2.24, 2.45) is 0 Å². The van der Waals surface area contributed by atoms with Crippen LogP contribution in [0.2, 0.25) is 0 Å². The molecule has 0 amide bonds. The molecule has 1 unspecified atom stereocenters. The molecule has 0 aromatic rings. The van der Waals surface area contributed by atoms with Gasteiger partial charge in [0.2, 0.25) is 0 Å². The Hall–Kier alpha value is -0.210. The first-order chi connectivity index (χ1) is 5.95. The van der Waals surface area contributed by atoms with Crippen molar-refractivity contribution >= 4 is 11.4 Å². The molecule has 0 saturated carbocycles. The van der Waals surface area contributed by atoms with Crippen molar-refractivity contribution in [2.45, 2.75) is 12.6 Å². The maximum atomic E-state index is 11.5. The molecule has 0 N–H and O–H groups in total. The average Bonchev–Trinajstić information content (AvgIpc) is 1.98. The molecule has 1 atom stereocenters. The van der Waals surface area contributed by atoms with E-state index < -0.39 is 43.8 Å². The van der Waals surface area contributed by atoms with E-state index >= 15 is 0 Å². The second kappa shape index (κ2) is 6.28. The van der Waals surface area contributed by atoms with Gasteiger partial charge in [-0.1, -0.05) is 0 Å². The van der Waals surface area contributed by atoms with Crippen LogP contribution in [0.5, 0.6) is 0 Å². The Balaban J connectivity index is 3.37. The number of rotatable bonds is 6. The summed E-state index contributed by atoms with van der Waals surface area (Å²) in [6.45, 7) is -2.09. The maximum absolute atomic E-state index is 11.5. The van der Waals surface area contributed by atoms with Gasteiger partial charge in [-0.05, 0) is 0 Å². The Morgan fingerprint density at radius 3 is 2.15 bits per heavy atom. The summed E-state index contributed by atoms with van der Waals surface area (Å²) in [6.07, 6.45) is -5.57. The molecular formula is C5H8F4O3S. The van der Waals surface area contributed by atoms with Crippen molar-refractivity contribution in [1.29, 1.82) is 0 Å². The van der Waals surface area contributed by atoms with Crippen LogP contribution in [0.3, 0.4) is 0 Å². The zero-order valence-corrected chi connectivity index (χ0v) is 7.29. The van der Waals surface area contributed by atoms with Crippen LogP contribution in [0.25, 0.3) is 0 Å². The third-order valence-electron chi connectivity index (χ3n) is 0.822. The third-order valence-corrected chi connectivity index (χ3v) is 1.54. The summed E-state index contributed by atoms with van der Waals surface area (Å²) in [7, 11) is 0. The molecule has 0 fully saturated rings. The first-order valence-electron chi connectivity index (χ1n) is 3.27. The smallest absolute Gasteiger partial charge is 0.268 e. The quantitative estimate of drug-likeness (QED) is 0.642. The van der Waals surface area contributed by atoms with Crippen molar-refractivity contribution in [2.75, 3.05) is 19.9 Å². The first kappa shape index (κ1) is 12.8. The Bertz CT molecular complexity index is 160. The minimum absolute atomic E-state index is 0.460. The maximum Gasteiger partial charge on any atom is 0.391 e. The standard InChI is InChI=1S/C5H8F4O3S/c6-2-4-12-13(10)11-3-1-5(7,8)9/h1-4H2. The zero-order chi connectivity index (χ0) is 10.3. The van der Waals surface area contributed by atoms with Crippen LogP contribution in [0.15, 0.2) is 0 Å². The van der Waals surface area contributed by atoms with Gasteiger partial charge in [-0.2, -0.15) is 17.4 Å². The predicted octanol–water partition coefficient (Wildman–Crippen LogP) is 1.52. The SMILES string of the molecule is O=S(OCCF)OCCC(F)(F)F. The Labute approximate surface area is 74.9 Å². The fourth-order valence-electron chi connectivity index (χ4n) is 0.359. The van der Waals surface area contributed by atoms with E-state index in [1.54, 1.807) is 0 Å². The molecule has 0 aliphatic rings. The highest BCUT2D eigenvalue weighted by Gasteiger charge is 2.27. The Morgan fingerprint density at radius 1 is 1.15 bits per heavy atom. The van der Waals surface area contributed by atoms with Crippen molar-refractivity contribution < 1.29 is 30.1 Å². The molecule has 0 spiro atoms. The lowest BCUT2D eigenvalue weighted by Gasteiger charge is -2.05. The monoisotopic (exact) mass is 224 g/mol. The summed E-state index contributed by atoms with van der Waals surface area (Å²) < 4.78 is 64.4. The summed E-state index contributed by atoms with van der Waals surface area (Å²) in [6, 6.07) is 0. The summed E-state index contributed by atoms with van der Waals surface area (Å²) in [5, 5.41) is 0. The molecule has 0 rings (SSSR count). The van der Waals surface area contributed by atoms with Gasteiger partial charge in [0, 0.05) is 0 Å². The minimum Gasteiger partial charge on any atom is -0.268 e. The highest BCUT2D eigenvalue weighted by Crippen LogP contribution is 2.19. The summed E-state index contributed by atoms with van der Waals surface area (Å²) in [5.41, 5.74) is 0. The van der Waals surface area contributed by atoms with E-state index in [0.717, 1.165) is 0 Å². The van der Waals surface area contributed by atoms with E-state index in [4.69, 9.17) is 0 Å². The van der Waals surface area contributed by atoms with Gasteiger partial charge in [0.1, 0.15) is 6.67 Å². The molecule has 0 bridgehead atoms. The fourth-order valence-corrected chi connectivity index (χ4v) is 0.846. The second-order valence-corrected chi connectivity index (χ2v) is 2.78. The van der Waals surface area contributed by atoms with Gasteiger partial charge < -0.3 is 0 Å². The van der Waals surface area contributed by atoms with Crippen molar-refractivity contribution in [3.05, 3.63) is 0 Å². The van der Waals surface area contributed by atoms with E-state index in [1.165, 1.54) is 0 Å². The van der Waals surface area contributed by atoms with E-state index in [-0.39, 0.29) is 0 Å². The summed E-state index contributed by atoms with van der Waals surface area (Å²) >= 11 is -2.29. The topological polar surface area (TPSA) is 35.5 Å². The lowest BCUT2D eigenvalue weighted by atomic mass is 10.5. The molecule has 0 aromatic heterocycles. The van der Waals surface area contributed by atoms with E-state index in [1.807, 2.05) is 0 Å². The number of hydrogen-bond acceptors (Lipinski definition) is 3. The van der Waals surface area contributed by atoms with Crippen LogP contribution in [-0.2, 0) is 19.7 Å². The number of alkyl halides is 4. The van der Waals surface area contributed by atoms with E-state index in [0.29, 0.717) is 0 Å². The fraction of sp³-hybridized carbons (Fsp3) is 1.00. The molecule has 0 aliphatic heterocycles. The molecule has 0 saturated heterocycles. The Kier molecular flexibility index (Phi) is 6.17. The van der Waals surface area contributed by atoms with Crippen molar-refractivity contribution in [1.82, 2.24) is 0 Å². The molecule has 3 nitrogen and oxygen atoms in total. The van der Waals surface area contributed by atoms with Crippen LogP contribution in [0.1, 0.15) is 6.42 Å². The minimum atomic E-state index is -4.36. The van der Waals surface area contributed by atoms with Gasteiger partial charge in [0.15, 0.2) is 0 Å². The normalized spacial score (nSPS) is 14.5. The van der Waals surface area contributed by atoms with Gasteiger partial charge >= 0.3 is 17.5 Å². The Morgan fingerprint density at radius 2 is 1.69 bits per heavy atom. The molecule has 0 radical (unpaired) electrons. The van der Waals surface area contributed by atoms with Crippen molar-refractivity contribution in [3.8, 4) is 0 Å². The zero-order valence-electron chi connectivity index (χ0n) is 6.47. The van der Waals surface area contributed by atoms with Gasteiger partial charge in [-0.3, -0.25) is 8.37 Å². The highest BCUT2D eigenvalue weighted by molar-refractivity contribution is 7.75. The summed E-state index contributed by atoms with van der Waals surface area (Å²) in [5.74, 6) is 0. The molecule has 0 aliphatic carbocycles. The summed E-state index contributed by atoms with van der Waals surface area (Å²) in [4.78, 5) is 0. The second-order valence-electron chi connectivity index (χ2n) is 1.90. The predicted molar refractivity (Wildman–Crippen MR) is 36.7 cm³/mol. The van der Waals surface area contributed by atoms with Crippen molar-refractivity contribution in [3.63, 3.8) is 0 Å². The van der Waals surface area contributed by atoms with Gasteiger partial charge in [0.25, 0.3) is 0 Å². The number of halogens is 4. The van der Waals surface area contributed by atoms with E-state index in [2.05, 4.69) is 8.37 Å². The van der Waals surface area contributed by atoms with Crippen LogP contribution < -0.4 is 0 Å². The molecule has 13 heavy (non-hydrogen) atoms. The van der Waals surface area contributed by atoms with Crippen LogP contribution >= 0.6 is 0 Å². The molecule has 0 heterocycles. The molecule has 8 heteroatoms. The third kappa shape index (κ3) is 9.71. The van der Waals surface area contributed by atoms with Crippen LogP contribution in [-0.4, -0.2) is 30.3 Å². The average molecular weight is 224 g/mol. The van der Waals surface area contributed by atoms with E-state index in [9.17, 15) is 21.8 Å². The van der Waals surface area contributed by atoms with Gasteiger partial charge in [0.05, 0.1) is 19.6 Å². The number of hydrogen-bond donors (Lipinski definition) is 0. The lowest BCUT2D eigenvalue weighted by Crippen LogP contribution is -2.13. The lowest BCUT2D eigenvalue weighted by molar-refractivity contribution is -0.139. The largest absolute Gasteiger partial charge is 0.391 e. The van der Waals surface area contributed by atoms with Gasteiger partial charge in [-0.15, -0.1) is 0 Å². The van der Waals surface area contributed by atoms with Crippen LogP contribution in [0, 0.1) is 0 Å². The van der Waals surface area contributed by atoms with Crippen LogP contribution in [0.4, 0.5) is 17.6 Å². The molecule has 80 valence electrons. The van der Waals surface area contributed by atoms with Gasteiger partial charge in [-0.25, -0.2) is 4.39 Å².